The first-order valence-corrected chi connectivity index (χ1v) is 10.9. The molecule has 0 atom stereocenters. The number of hydrogen-bond acceptors (Lipinski definition) is 7. The number of aryl methyl sites for hydroxylation is 1. The quantitative estimate of drug-likeness (QED) is 0.211. The van der Waals surface area contributed by atoms with Crippen LogP contribution in [0.25, 0.3) is 10.9 Å². The van der Waals surface area contributed by atoms with Crippen LogP contribution in [0.5, 0.6) is 0 Å². The summed E-state index contributed by atoms with van der Waals surface area (Å²) in [7, 11) is 0. The predicted molar refractivity (Wildman–Crippen MR) is 133 cm³/mol. The maximum Gasteiger partial charge on any atom is 0.416 e. The zero-order valence-corrected chi connectivity index (χ0v) is 19.4. The van der Waals surface area contributed by atoms with Crippen molar-refractivity contribution < 1.29 is 13.2 Å². The Morgan fingerprint density at radius 1 is 0.943 bits per heavy atom. The highest BCUT2D eigenvalue weighted by molar-refractivity contribution is 5.85. The maximum atomic E-state index is 12.9. The number of nitrogens with zero attached hydrogens (tertiary/aromatic N) is 4. The summed E-state index contributed by atoms with van der Waals surface area (Å²) < 4.78 is 38.7. The topological polar surface area (TPSA) is 87.1 Å². The second kappa shape index (κ2) is 9.96. The second-order valence-corrected chi connectivity index (χ2v) is 8.21. The summed E-state index contributed by atoms with van der Waals surface area (Å²) in [6.45, 7) is 6.05. The standard InChI is InChI=1S/C25H24F3N7/c1-15(2)31-19-9-10-22-16(3)32-24(34-23(22)12-19)35-30-14-20-7-8-21(13-29-20)33-18-6-4-5-17(11-18)25(26,27)28/h4-15,31,33H,1-3H3,(H,32,34,35)/b30-14+. The minimum Gasteiger partial charge on any atom is -0.383 e. The zero-order valence-electron chi connectivity index (χ0n) is 19.4. The van der Waals surface area contributed by atoms with E-state index in [1.54, 1.807) is 18.2 Å². The minimum atomic E-state index is -4.40. The van der Waals surface area contributed by atoms with Gasteiger partial charge in [0.1, 0.15) is 0 Å². The van der Waals surface area contributed by atoms with Crippen LogP contribution in [0.2, 0.25) is 0 Å². The van der Waals surface area contributed by atoms with Gasteiger partial charge < -0.3 is 10.6 Å². The Morgan fingerprint density at radius 2 is 1.74 bits per heavy atom. The van der Waals surface area contributed by atoms with Crippen molar-refractivity contribution in [2.45, 2.75) is 33.0 Å². The summed E-state index contributed by atoms with van der Waals surface area (Å²) in [6, 6.07) is 14.6. The number of nitrogens with one attached hydrogen (secondary N) is 3. The van der Waals surface area contributed by atoms with Crippen LogP contribution >= 0.6 is 0 Å². The van der Waals surface area contributed by atoms with Crippen molar-refractivity contribution in [3.63, 3.8) is 0 Å². The van der Waals surface area contributed by atoms with E-state index in [1.807, 2.05) is 25.1 Å². The summed E-state index contributed by atoms with van der Waals surface area (Å²) in [5.41, 5.74) is 6.12. The fourth-order valence-electron chi connectivity index (χ4n) is 3.41. The molecule has 10 heteroatoms. The van der Waals surface area contributed by atoms with Crippen LogP contribution in [-0.4, -0.2) is 27.2 Å². The molecule has 0 spiro atoms. The van der Waals surface area contributed by atoms with Crippen molar-refractivity contribution in [3.05, 3.63) is 77.7 Å². The lowest BCUT2D eigenvalue weighted by Crippen LogP contribution is -2.09. The molecule has 0 saturated carbocycles. The summed E-state index contributed by atoms with van der Waals surface area (Å²) in [4.78, 5) is 13.2. The molecule has 0 saturated heterocycles. The molecule has 0 aliphatic carbocycles. The summed E-state index contributed by atoms with van der Waals surface area (Å²) in [5.74, 6) is 0.357. The van der Waals surface area contributed by atoms with Crippen LogP contribution in [0, 0.1) is 6.92 Å². The lowest BCUT2D eigenvalue weighted by atomic mass is 10.1. The fourth-order valence-corrected chi connectivity index (χ4v) is 3.41. The number of pyridine rings is 1. The van der Waals surface area contributed by atoms with E-state index in [-0.39, 0.29) is 0 Å². The number of aromatic nitrogens is 3. The first kappa shape index (κ1) is 23.9. The van der Waals surface area contributed by atoms with E-state index in [4.69, 9.17) is 0 Å². The van der Waals surface area contributed by atoms with E-state index >= 15 is 0 Å². The number of alkyl halides is 3. The molecule has 0 aliphatic rings. The second-order valence-electron chi connectivity index (χ2n) is 8.21. The molecule has 4 rings (SSSR count). The van der Waals surface area contributed by atoms with Crippen LogP contribution in [0.3, 0.4) is 0 Å². The van der Waals surface area contributed by atoms with E-state index in [9.17, 15) is 13.2 Å². The normalized spacial score (nSPS) is 11.9. The Kier molecular flexibility index (Phi) is 6.81. The molecule has 2 aromatic heterocycles. The molecule has 4 aromatic rings. The number of benzene rings is 2. The Balaban J connectivity index is 1.42. The van der Waals surface area contributed by atoms with Gasteiger partial charge in [0.05, 0.1) is 40.6 Å². The third-order valence-electron chi connectivity index (χ3n) is 4.97. The van der Waals surface area contributed by atoms with Gasteiger partial charge in [-0.15, -0.1) is 0 Å². The molecule has 35 heavy (non-hydrogen) atoms. The van der Waals surface area contributed by atoms with Crippen LogP contribution in [0.15, 0.2) is 65.9 Å². The highest BCUT2D eigenvalue weighted by Crippen LogP contribution is 2.31. The monoisotopic (exact) mass is 479 g/mol. The van der Waals surface area contributed by atoms with Gasteiger partial charge in [-0.1, -0.05) is 6.07 Å². The highest BCUT2D eigenvalue weighted by atomic mass is 19.4. The minimum absolute atomic E-state index is 0.303. The third-order valence-corrected chi connectivity index (χ3v) is 4.97. The predicted octanol–water partition coefficient (Wildman–Crippen LogP) is 6.36. The van der Waals surface area contributed by atoms with Gasteiger partial charge in [-0.05, 0) is 69.3 Å². The molecule has 0 fully saturated rings. The molecule has 0 amide bonds. The van der Waals surface area contributed by atoms with Crippen LogP contribution < -0.4 is 16.1 Å². The van der Waals surface area contributed by atoms with E-state index in [0.717, 1.165) is 34.4 Å². The lowest BCUT2D eigenvalue weighted by molar-refractivity contribution is -0.137. The average Bonchev–Trinajstić information content (AvgIpc) is 2.79. The Labute approximate surface area is 200 Å². The van der Waals surface area contributed by atoms with Crippen molar-refractivity contribution in [2.75, 3.05) is 16.1 Å². The van der Waals surface area contributed by atoms with Crippen molar-refractivity contribution in [2.24, 2.45) is 5.10 Å². The van der Waals surface area contributed by atoms with Gasteiger partial charge in [0.25, 0.3) is 0 Å². The molecule has 0 aliphatic heterocycles. The highest BCUT2D eigenvalue weighted by Gasteiger charge is 2.30. The first-order valence-electron chi connectivity index (χ1n) is 10.9. The third kappa shape index (κ3) is 6.23. The van der Waals surface area contributed by atoms with Crippen molar-refractivity contribution in [1.29, 1.82) is 0 Å². The molecule has 0 radical (unpaired) electrons. The SMILES string of the molecule is Cc1nc(N/N=C/c2ccc(Nc3cccc(C(F)(F)F)c3)cn2)nc2cc(NC(C)C)ccc12. The van der Waals surface area contributed by atoms with Gasteiger partial charge in [-0.25, -0.2) is 15.4 Å². The zero-order chi connectivity index (χ0) is 25.0. The average molecular weight is 480 g/mol. The van der Waals surface area contributed by atoms with E-state index < -0.39 is 11.7 Å². The number of hydrazone groups is 1. The molecule has 2 heterocycles. The van der Waals surface area contributed by atoms with Crippen LogP contribution in [0.4, 0.5) is 36.2 Å². The number of fused-ring (bicyclic) bond motifs is 1. The summed E-state index contributed by atoms with van der Waals surface area (Å²) >= 11 is 0. The smallest absolute Gasteiger partial charge is 0.383 e. The molecule has 3 N–H and O–H groups in total. The van der Waals surface area contributed by atoms with Gasteiger partial charge in [0, 0.05) is 22.8 Å². The van der Waals surface area contributed by atoms with Gasteiger partial charge in [0.15, 0.2) is 0 Å². The fraction of sp³-hybridized carbons (Fsp3) is 0.200. The van der Waals surface area contributed by atoms with Crippen molar-refractivity contribution >= 4 is 40.1 Å². The van der Waals surface area contributed by atoms with Gasteiger partial charge in [0.2, 0.25) is 5.95 Å². The van der Waals surface area contributed by atoms with E-state index in [1.165, 1.54) is 18.5 Å². The number of halogens is 3. The maximum absolute atomic E-state index is 12.9. The Morgan fingerprint density at radius 3 is 2.46 bits per heavy atom. The Hall–Kier alpha value is -4.21. The first-order chi connectivity index (χ1) is 16.7. The van der Waals surface area contributed by atoms with Crippen molar-refractivity contribution in [1.82, 2.24) is 15.0 Å². The largest absolute Gasteiger partial charge is 0.416 e. The van der Waals surface area contributed by atoms with Crippen molar-refractivity contribution in [3.8, 4) is 0 Å². The van der Waals surface area contributed by atoms with Crippen LogP contribution in [-0.2, 0) is 6.18 Å². The molecule has 0 unspecified atom stereocenters. The molecule has 7 nitrogen and oxygen atoms in total. The van der Waals surface area contributed by atoms with Crippen LogP contribution in [0.1, 0.15) is 30.8 Å². The number of anilines is 4. The molecular formula is C25H24F3N7. The molecule has 2 aromatic carbocycles. The van der Waals surface area contributed by atoms with Gasteiger partial charge in [-0.3, -0.25) is 4.98 Å². The number of hydrogen-bond donors (Lipinski definition) is 3. The van der Waals surface area contributed by atoms with Gasteiger partial charge in [-0.2, -0.15) is 18.3 Å². The molecule has 0 bridgehead atoms. The Bertz CT molecular complexity index is 1350. The molecular weight excluding hydrogens is 455 g/mol. The summed E-state index contributed by atoms with van der Waals surface area (Å²) in [5, 5.41) is 11.4. The molecule has 180 valence electrons. The van der Waals surface area contributed by atoms with E-state index in [0.29, 0.717) is 29.1 Å². The lowest BCUT2D eigenvalue weighted by Gasteiger charge is -2.11. The van der Waals surface area contributed by atoms with E-state index in [2.05, 4.69) is 50.0 Å². The van der Waals surface area contributed by atoms with Gasteiger partial charge >= 0.3 is 6.18 Å². The number of rotatable bonds is 7. The summed E-state index contributed by atoms with van der Waals surface area (Å²) in [6.07, 6.45) is -1.38.